The number of amides is 2. The Bertz CT molecular complexity index is 569. The van der Waals surface area contributed by atoms with E-state index in [0.29, 0.717) is 5.56 Å². The van der Waals surface area contributed by atoms with Crippen molar-refractivity contribution in [2.24, 2.45) is 11.7 Å². The van der Waals surface area contributed by atoms with Crippen LogP contribution in [0.15, 0.2) is 24.3 Å². The number of carbonyl (C=O) groups excluding carboxylic acids is 3. The maximum Gasteiger partial charge on any atom is 0.329 e. The van der Waals surface area contributed by atoms with Crippen LogP contribution < -0.4 is 11.1 Å². The van der Waals surface area contributed by atoms with E-state index in [-0.39, 0.29) is 11.8 Å². The van der Waals surface area contributed by atoms with Crippen LogP contribution in [0.4, 0.5) is 0 Å². The van der Waals surface area contributed by atoms with Gasteiger partial charge >= 0.3 is 5.97 Å². The third-order valence-corrected chi connectivity index (χ3v) is 3.29. The molecule has 0 radical (unpaired) electrons. The summed E-state index contributed by atoms with van der Waals surface area (Å²) in [5.41, 5.74) is 6.37. The molecule has 0 aromatic heterocycles. The minimum absolute atomic E-state index is 0.194. The van der Waals surface area contributed by atoms with Gasteiger partial charge in [-0.3, -0.25) is 9.59 Å². The van der Waals surface area contributed by atoms with Crippen LogP contribution in [0.1, 0.15) is 36.7 Å². The van der Waals surface area contributed by atoms with Gasteiger partial charge in [0.1, 0.15) is 6.04 Å². The number of hydrogen-bond acceptors (Lipinski definition) is 4. The second-order valence-electron chi connectivity index (χ2n) is 5.49. The fourth-order valence-corrected chi connectivity index (χ4v) is 1.85. The number of carbonyl (C=O) groups is 3. The van der Waals surface area contributed by atoms with Crippen molar-refractivity contribution >= 4 is 17.8 Å². The van der Waals surface area contributed by atoms with Crippen molar-refractivity contribution in [1.29, 1.82) is 0 Å². The Balaban J connectivity index is 2.84. The molecule has 0 heterocycles. The van der Waals surface area contributed by atoms with E-state index in [2.05, 4.69) is 5.32 Å². The standard InChI is InChI=1S/C16H22N2O4/c1-9(2)13(16(21)22-11(4)14(17)19)18-15(20)12-8-6-5-7-10(12)3/h5-9,11,13H,1-4H3,(H2,17,19)(H,18,20)/t11?,13-/m0/s1. The molecule has 0 aliphatic carbocycles. The number of aryl methyl sites for hydroxylation is 1. The average molecular weight is 306 g/mol. The fraction of sp³-hybridized carbons (Fsp3) is 0.438. The molecule has 2 amide bonds. The number of nitrogens with two attached hydrogens (primary N) is 1. The fourth-order valence-electron chi connectivity index (χ4n) is 1.85. The first-order chi connectivity index (χ1) is 10.2. The molecule has 0 spiro atoms. The molecule has 0 aliphatic heterocycles. The average Bonchev–Trinajstić information content (AvgIpc) is 2.44. The van der Waals surface area contributed by atoms with Crippen molar-refractivity contribution < 1.29 is 19.1 Å². The maximum atomic E-state index is 12.3. The highest BCUT2D eigenvalue weighted by atomic mass is 16.5. The lowest BCUT2D eigenvalue weighted by atomic mass is 10.0. The van der Waals surface area contributed by atoms with Gasteiger partial charge < -0.3 is 15.8 Å². The molecule has 1 unspecified atom stereocenters. The second-order valence-corrected chi connectivity index (χ2v) is 5.49. The van der Waals surface area contributed by atoms with E-state index in [1.165, 1.54) is 6.92 Å². The lowest BCUT2D eigenvalue weighted by Crippen LogP contribution is -2.47. The summed E-state index contributed by atoms with van der Waals surface area (Å²) in [7, 11) is 0. The van der Waals surface area contributed by atoms with E-state index in [4.69, 9.17) is 10.5 Å². The molecule has 0 bridgehead atoms. The molecule has 0 aliphatic rings. The van der Waals surface area contributed by atoms with Gasteiger partial charge in [0.25, 0.3) is 11.8 Å². The van der Waals surface area contributed by atoms with E-state index in [9.17, 15) is 14.4 Å². The first-order valence-electron chi connectivity index (χ1n) is 7.10. The first kappa shape index (κ1) is 17.7. The number of ether oxygens (including phenoxy) is 1. The monoisotopic (exact) mass is 306 g/mol. The summed E-state index contributed by atoms with van der Waals surface area (Å²) < 4.78 is 4.97. The summed E-state index contributed by atoms with van der Waals surface area (Å²) in [6.07, 6.45) is -1.04. The molecule has 1 aromatic carbocycles. The van der Waals surface area contributed by atoms with E-state index < -0.39 is 24.0 Å². The lowest BCUT2D eigenvalue weighted by Gasteiger charge is -2.22. The summed E-state index contributed by atoms with van der Waals surface area (Å²) in [6, 6.07) is 6.22. The molecule has 3 N–H and O–H groups in total. The summed E-state index contributed by atoms with van der Waals surface area (Å²) in [5, 5.41) is 2.65. The van der Waals surface area contributed by atoms with Crippen LogP contribution in [0.3, 0.4) is 0 Å². The normalized spacial score (nSPS) is 13.3. The molecule has 2 atom stereocenters. The van der Waals surface area contributed by atoms with Crippen molar-refractivity contribution in [3.8, 4) is 0 Å². The molecule has 1 aromatic rings. The highest BCUT2D eigenvalue weighted by Gasteiger charge is 2.28. The van der Waals surface area contributed by atoms with Gasteiger partial charge in [-0.2, -0.15) is 0 Å². The molecule has 6 heteroatoms. The van der Waals surface area contributed by atoms with Crippen LogP contribution in [-0.4, -0.2) is 29.9 Å². The molecular weight excluding hydrogens is 284 g/mol. The Morgan fingerprint density at radius 1 is 1.14 bits per heavy atom. The SMILES string of the molecule is Cc1ccccc1C(=O)N[C@H](C(=O)OC(C)C(N)=O)C(C)C. The minimum atomic E-state index is -1.04. The van der Waals surface area contributed by atoms with Crippen molar-refractivity contribution in [3.05, 3.63) is 35.4 Å². The molecule has 0 saturated carbocycles. The van der Waals surface area contributed by atoms with Gasteiger partial charge in [-0.05, 0) is 31.4 Å². The van der Waals surface area contributed by atoms with Gasteiger partial charge in [0.05, 0.1) is 0 Å². The summed E-state index contributed by atoms with van der Waals surface area (Å²) in [5.74, 6) is -1.97. The van der Waals surface area contributed by atoms with E-state index in [1.54, 1.807) is 26.0 Å². The van der Waals surface area contributed by atoms with Crippen LogP contribution in [0.2, 0.25) is 0 Å². The van der Waals surface area contributed by atoms with Gasteiger partial charge in [0.2, 0.25) is 0 Å². The van der Waals surface area contributed by atoms with Crippen molar-refractivity contribution in [2.45, 2.75) is 39.8 Å². The number of primary amides is 1. The number of esters is 1. The first-order valence-corrected chi connectivity index (χ1v) is 7.10. The Labute approximate surface area is 130 Å². The predicted molar refractivity (Wildman–Crippen MR) is 82.0 cm³/mol. The van der Waals surface area contributed by atoms with Crippen LogP contribution >= 0.6 is 0 Å². The third-order valence-electron chi connectivity index (χ3n) is 3.29. The Morgan fingerprint density at radius 3 is 2.23 bits per heavy atom. The van der Waals surface area contributed by atoms with E-state index >= 15 is 0 Å². The van der Waals surface area contributed by atoms with E-state index in [1.807, 2.05) is 19.1 Å². The molecule has 120 valence electrons. The Hall–Kier alpha value is -2.37. The second kappa shape index (κ2) is 7.59. The van der Waals surface area contributed by atoms with Crippen molar-refractivity contribution in [3.63, 3.8) is 0 Å². The topological polar surface area (TPSA) is 98.5 Å². The maximum absolute atomic E-state index is 12.3. The third kappa shape index (κ3) is 4.58. The molecular formula is C16H22N2O4. The molecule has 0 saturated heterocycles. The van der Waals surface area contributed by atoms with Crippen LogP contribution in [0.25, 0.3) is 0 Å². The predicted octanol–water partition coefficient (Wildman–Crippen LogP) is 1.17. The van der Waals surface area contributed by atoms with Gasteiger partial charge in [-0.1, -0.05) is 32.0 Å². The van der Waals surface area contributed by atoms with Crippen LogP contribution in [0.5, 0.6) is 0 Å². The Morgan fingerprint density at radius 2 is 1.73 bits per heavy atom. The smallest absolute Gasteiger partial charge is 0.329 e. The number of nitrogens with one attached hydrogen (secondary N) is 1. The zero-order chi connectivity index (χ0) is 16.9. The molecule has 0 fully saturated rings. The largest absolute Gasteiger partial charge is 0.451 e. The highest BCUT2D eigenvalue weighted by Crippen LogP contribution is 2.10. The molecule has 22 heavy (non-hydrogen) atoms. The van der Waals surface area contributed by atoms with Crippen molar-refractivity contribution in [1.82, 2.24) is 5.32 Å². The summed E-state index contributed by atoms with van der Waals surface area (Å²) in [6.45, 7) is 6.76. The minimum Gasteiger partial charge on any atom is -0.451 e. The van der Waals surface area contributed by atoms with Gasteiger partial charge in [0.15, 0.2) is 6.10 Å². The van der Waals surface area contributed by atoms with E-state index in [0.717, 1.165) is 5.56 Å². The van der Waals surface area contributed by atoms with Crippen molar-refractivity contribution in [2.75, 3.05) is 0 Å². The Kier molecular flexibility index (Phi) is 6.10. The zero-order valence-electron chi connectivity index (χ0n) is 13.3. The van der Waals surface area contributed by atoms with Gasteiger partial charge in [-0.25, -0.2) is 4.79 Å². The molecule has 6 nitrogen and oxygen atoms in total. The highest BCUT2D eigenvalue weighted by molar-refractivity contribution is 5.98. The summed E-state index contributed by atoms with van der Waals surface area (Å²) in [4.78, 5) is 35.4. The molecule has 1 rings (SSSR count). The quantitative estimate of drug-likeness (QED) is 0.771. The lowest BCUT2D eigenvalue weighted by molar-refractivity contribution is -0.156. The van der Waals surface area contributed by atoms with Gasteiger partial charge in [-0.15, -0.1) is 0 Å². The summed E-state index contributed by atoms with van der Waals surface area (Å²) >= 11 is 0. The van der Waals surface area contributed by atoms with Crippen LogP contribution in [0, 0.1) is 12.8 Å². The number of hydrogen-bond donors (Lipinski definition) is 2. The van der Waals surface area contributed by atoms with Gasteiger partial charge in [0, 0.05) is 5.56 Å². The number of benzene rings is 1. The number of rotatable bonds is 6. The van der Waals surface area contributed by atoms with Crippen LogP contribution in [-0.2, 0) is 14.3 Å². The zero-order valence-corrected chi connectivity index (χ0v) is 13.3.